The molecule has 0 aliphatic carbocycles. The van der Waals surface area contributed by atoms with Crippen LogP contribution < -0.4 is 10.6 Å². The number of fused-ring (bicyclic) bond motifs is 1. The van der Waals surface area contributed by atoms with Crippen LogP contribution in [0.25, 0.3) is 5.78 Å². The fourth-order valence-corrected chi connectivity index (χ4v) is 2.61. The van der Waals surface area contributed by atoms with Gasteiger partial charge in [0.25, 0.3) is 11.7 Å². The number of rotatable bonds is 2. The minimum atomic E-state index is -0.245. The van der Waals surface area contributed by atoms with Crippen molar-refractivity contribution in [3.8, 4) is 0 Å². The van der Waals surface area contributed by atoms with E-state index in [1.54, 1.807) is 12.4 Å². The summed E-state index contributed by atoms with van der Waals surface area (Å²) in [5.74, 6) is 0.723. The Bertz CT molecular complexity index is 642. The number of nitrogens with one attached hydrogen (secondary N) is 2. The fraction of sp³-hybridized carbons (Fsp3) is 0.500. The highest BCUT2D eigenvalue weighted by Gasteiger charge is 2.24. The molecule has 0 spiro atoms. The van der Waals surface area contributed by atoms with Gasteiger partial charge in [0.15, 0.2) is 0 Å². The molecule has 7 nitrogen and oxygen atoms in total. The third-order valence-corrected chi connectivity index (χ3v) is 3.88. The summed E-state index contributed by atoms with van der Waals surface area (Å²) in [4.78, 5) is 20.4. The second-order valence-corrected chi connectivity index (χ2v) is 5.92. The van der Waals surface area contributed by atoms with Gasteiger partial charge >= 0.3 is 0 Å². The highest BCUT2D eigenvalue weighted by atomic mass is 79.9. The van der Waals surface area contributed by atoms with Crippen LogP contribution in [0.15, 0.2) is 16.9 Å². The average molecular weight is 339 g/mol. The molecule has 0 bridgehead atoms. The average Bonchev–Trinajstić information content (AvgIpc) is 2.84. The summed E-state index contributed by atoms with van der Waals surface area (Å²) in [6.45, 7) is 3.95. The first-order valence-corrected chi connectivity index (χ1v) is 7.32. The largest absolute Gasteiger partial charge is 0.346 e. The third kappa shape index (κ3) is 2.66. The molecule has 1 amide bonds. The van der Waals surface area contributed by atoms with Gasteiger partial charge < -0.3 is 10.6 Å². The topological polar surface area (TPSA) is 84.2 Å². The van der Waals surface area contributed by atoms with Gasteiger partial charge in [0, 0.05) is 18.4 Å². The van der Waals surface area contributed by atoms with Gasteiger partial charge in [0.1, 0.15) is 0 Å². The van der Waals surface area contributed by atoms with Gasteiger partial charge in [0.05, 0.1) is 4.47 Å². The first kappa shape index (κ1) is 13.4. The van der Waals surface area contributed by atoms with Gasteiger partial charge in [-0.15, -0.1) is 5.10 Å². The molecular weight excluding hydrogens is 324 g/mol. The summed E-state index contributed by atoms with van der Waals surface area (Å²) in [6, 6.07) is 0.162. The second-order valence-electron chi connectivity index (χ2n) is 5.00. The highest BCUT2D eigenvalue weighted by Crippen LogP contribution is 2.11. The van der Waals surface area contributed by atoms with Crippen molar-refractivity contribution >= 4 is 27.6 Å². The zero-order chi connectivity index (χ0) is 14.1. The summed E-state index contributed by atoms with van der Waals surface area (Å²) in [6.07, 6.45) is 4.27. The summed E-state index contributed by atoms with van der Waals surface area (Å²) in [7, 11) is 0. The van der Waals surface area contributed by atoms with Crippen molar-refractivity contribution in [3.05, 3.63) is 22.7 Å². The molecule has 3 rings (SSSR count). The van der Waals surface area contributed by atoms with Gasteiger partial charge in [-0.25, -0.2) is 9.50 Å². The van der Waals surface area contributed by atoms with Crippen molar-refractivity contribution in [2.24, 2.45) is 5.92 Å². The van der Waals surface area contributed by atoms with Crippen LogP contribution in [0, 0.1) is 5.92 Å². The minimum Gasteiger partial charge on any atom is -0.346 e. The molecule has 0 radical (unpaired) electrons. The lowest BCUT2D eigenvalue weighted by atomic mass is 9.95. The van der Waals surface area contributed by atoms with Crippen LogP contribution in [-0.2, 0) is 0 Å². The first-order valence-electron chi connectivity index (χ1n) is 6.53. The van der Waals surface area contributed by atoms with Crippen LogP contribution in [0.1, 0.15) is 24.0 Å². The first-order chi connectivity index (χ1) is 9.63. The zero-order valence-electron chi connectivity index (χ0n) is 11.0. The van der Waals surface area contributed by atoms with E-state index >= 15 is 0 Å². The van der Waals surface area contributed by atoms with Crippen LogP contribution >= 0.6 is 15.9 Å². The maximum Gasteiger partial charge on any atom is 0.291 e. The van der Waals surface area contributed by atoms with Crippen LogP contribution in [-0.4, -0.2) is 44.6 Å². The molecule has 2 aromatic rings. The van der Waals surface area contributed by atoms with Crippen molar-refractivity contribution in [3.63, 3.8) is 0 Å². The number of halogens is 1. The molecule has 0 saturated carbocycles. The molecule has 0 aromatic carbocycles. The zero-order valence-corrected chi connectivity index (χ0v) is 12.6. The van der Waals surface area contributed by atoms with Gasteiger partial charge in [-0.05, 0) is 41.4 Å². The van der Waals surface area contributed by atoms with Gasteiger partial charge in [-0.2, -0.15) is 4.98 Å². The molecule has 1 aliphatic rings. The van der Waals surface area contributed by atoms with E-state index in [-0.39, 0.29) is 17.8 Å². The van der Waals surface area contributed by atoms with Gasteiger partial charge in [-0.3, -0.25) is 4.79 Å². The molecule has 2 N–H and O–H groups in total. The second kappa shape index (κ2) is 5.45. The lowest BCUT2D eigenvalue weighted by molar-refractivity contribution is 0.0904. The number of aromatic nitrogens is 4. The Morgan fingerprint density at radius 1 is 1.60 bits per heavy atom. The SMILES string of the molecule is CC1CNCCC1NC(=O)c1nc2ncc(Br)cn2n1. The maximum absolute atomic E-state index is 12.2. The normalized spacial score (nSPS) is 22.9. The number of nitrogens with zero attached hydrogens (tertiary/aromatic N) is 4. The van der Waals surface area contributed by atoms with Gasteiger partial charge in [0.2, 0.25) is 5.82 Å². The van der Waals surface area contributed by atoms with E-state index in [1.165, 1.54) is 4.52 Å². The Morgan fingerprint density at radius 3 is 3.25 bits per heavy atom. The number of carbonyl (C=O) groups is 1. The van der Waals surface area contributed by atoms with Crippen molar-refractivity contribution in [2.45, 2.75) is 19.4 Å². The lowest BCUT2D eigenvalue weighted by Crippen LogP contribution is -2.48. The molecule has 2 unspecified atom stereocenters. The number of carbonyl (C=O) groups excluding carboxylic acids is 1. The minimum absolute atomic E-state index is 0.154. The molecule has 3 heterocycles. The monoisotopic (exact) mass is 338 g/mol. The van der Waals surface area contributed by atoms with Crippen molar-refractivity contribution < 1.29 is 4.79 Å². The third-order valence-electron chi connectivity index (χ3n) is 3.47. The Labute approximate surface area is 124 Å². The van der Waals surface area contributed by atoms with E-state index < -0.39 is 0 Å². The summed E-state index contributed by atoms with van der Waals surface area (Å²) in [5, 5.41) is 10.5. The number of piperidine rings is 1. The van der Waals surface area contributed by atoms with Crippen LogP contribution in [0.3, 0.4) is 0 Å². The number of amides is 1. The molecule has 1 saturated heterocycles. The van der Waals surface area contributed by atoms with Crippen molar-refractivity contribution in [2.75, 3.05) is 13.1 Å². The van der Waals surface area contributed by atoms with E-state index in [0.717, 1.165) is 24.0 Å². The standard InChI is InChI=1S/C12H15BrN6O/c1-7-4-14-3-2-9(7)16-11(20)10-17-12-15-5-8(13)6-19(12)18-10/h5-7,9,14H,2-4H2,1H3,(H,16,20). The van der Waals surface area contributed by atoms with E-state index in [9.17, 15) is 4.79 Å². The maximum atomic E-state index is 12.2. The Hall–Kier alpha value is -1.54. The molecule has 20 heavy (non-hydrogen) atoms. The molecule has 8 heteroatoms. The molecular formula is C12H15BrN6O. The van der Waals surface area contributed by atoms with E-state index in [0.29, 0.717) is 11.7 Å². The van der Waals surface area contributed by atoms with Crippen LogP contribution in [0.4, 0.5) is 0 Å². The predicted octanol–water partition coefficient (Wildman–Crippen LogP) is 0.615. The highest BCUT2D eigenvalue weighted by molar-refractivity contribution is 9.10. The molecule has 2 atom stereocenters. The lowest BCUT2D eigenvalue weighted by Gasteiger charge is -2.29. The molecule has 1 fully saturated rings. The fourth-order valence-electron chi connectivity index (χ4n) is 2.32. The smallest absolute Gasteiger partial charge is 0.291 e. The molecule has 106 valence electrons. The Morgan fingerprint density at radius 2 is 2.45 bits per heavy atom. The van der Waals surface area contributed by atoms with Crippen LogP contribution in [0.5, 0.6) is 0 Å². The molecule has 2 aromatic heterocycles. The summed E-state index contributed by atoms with van der Waals surface area (Å²) >= 11 is 3.31. The van der Waals surface area contributed by atoms with E-state index in [1.807, 2.05) is 0 Å². The van der Waals surface area contributed by atoms with Crippen molar-refractivity contribution in [1.29, 1.82) is 0 Å². The van der Waals surface area contributed by atoms with Crippen molar-refractivity contribution in [1.82, 2.24) is 30.2 Å². The Kier molecular flexibility index (Phi) is 3.66. The summed E-state index contributed by atoms with van der Waals surface area (Å²) in [5.41, 5.74) is 0. The Balaban J connectivity index is 1.78. The molecule has 1 aliphatic heterocycles. The summed E-state index contributed by atoms with van der Waals surface area (Å²) < 4.78 is 2.28. The van der Waals surface area contributed by atoms with E-state index in [4.69, 9.17) is 0 Å². The predicted molar refractivity (Wildman–Crippen MR) is 76.4 cm³/mol. The van der Waals surface area contributed by atoms with Crippen LogP contribution in [0.2, 0.25) is 0 Å². The van der Waals surface area contributed by atoms with Gasteiger partial charge in [-0.1, -0.05) is 6.92 Å². The van der Waals surface area contributed by atoms with E-state index in [2.05, 4.69) is 48.6 Å². The number of hydrogen-bond donors (Lipinski definition) is 2. The quantitative estimate of drug-likeness (QED) is 0.838. The number of hydrogen-bond acceptors (Lipinski definition) is 5.